The van der Waals surface area contributed by atoms with Gasteiger partial charge in [-0.15, -0.1) is 0 Å². The maximum Gasteiger partial charge on any atom is 0.326 e. The highest BCUT2D eigenvalue weighted by Crippen LogP contribution is 2.33. The first kappa shape index (κ1) is 18.2. The topological polar surface area (TPSA) is 74.7 Å². The summed E-state index contributed by atoms with van der Waals surface area (Å²) in [7, 11) is 0. The minimum Gasteiger partial charge on any atom is -0.480 e. The maximum absolute atomic E-state index is 13.0. The molecule has 0 unspecified atom stereocenters. The Kier molecular flexibility index (Phi) is 5.42. The van der Waals surface area contributed by atoms with Crippen LogP contribution in [0.4, 0.5) is 5.69 Å². The van der Waals surface area contributed by atoms with E-state index in [2.05, 4.69) is 0 Å². The normalized spacial score (nSPS) is 17.3. The molecule has 0 spiro atoms. The molecule has 6 heteroatoms. The van der Waals surface area contributed by atoms with Crippen LogP contribution in [0.1, 0.15) is 29.3 Å². The van der Waals surface area contributed by atoms with Crippen molar-refractivity contribution in [2.75, 3.05) is 4.90 Å². The highest BCUT2D eigenvalue weighted by molar-refractivity contribution is 8.15. The van der Waals surface area contributed by atoms with Crippen molar-refractivity contribution in [3.63, 3.8) is 0 Å². The number of carbonyl (C=O) groups is 3. The Labute approximate surface area is 156 Å². The van der Waals surface area contributed by atoms with Gasteiger partial charge in [0.1, 0.15) is 6.04 Å². The summed E-state index contributed by atoms with van der Waals surface area (Å²) in [6.45, 7) is 1.64. The number of hydrogen-bond donors (Lipinski definition) is 1. The van der Waals surface area contributed by atoms with Crippen molar-refractivity contribution in [3.8, 4) is 0 Å². The van der Waals surface area contributed by atoms with Gasteiger partial charge in [-0.1, -0.05) is 60.3 Å². The lowest BCUT2D eigenvalue weighted by Gasteiger charge is -2.36. The number of aryl methyl sites for hydroxylation is 1. The molecule has 1 heterocycles. The lowest BCUT2D eigenvalue weighted by molar-refractivity contribution is -0.140. The molecule has 26 heavy (non-hydrogen) atoms. The standard InChI is InChI=1S/C20H19NO4S/c1-13(26-20(25)15-8-3-2-4-9-15)18(22)21-16-10-6-5-7-14(16)11-12-17(21)19(23)24/h2-10,13,17H,11-12H2,1H3,(H,23,24)/t13-,17+/m0/s1. The number of thioether (sulfide) groups is 1. The molecule has 2 aromatic rings. The Hall–Kier alpha value is -2.60. The second-order valence-electron chi connectivity index (χ2n) is 6.14. The summed E-state index contributed by atoms with van der Waals surface area (Å²) in [5.74, 6) is -1.39. The number of para-hydroxylation sites is 1. The highest BCUT2D eigenvalue weighted by atomic mass is 32.2. The van der Waals surface area contributed by atoms with E-state index in [0.717, 1.165) is 17.3 Å². The van der Waals surface area contributed by atoms with Crippen LogP contribution in [0.15, 0.2) is 54.6 Å². The molecule has 1 amide bonds. The van der Waals surface area contributed by atoms with Gasteiger partial charge in [0, 0.05) is 11.3 Å². The number of carbonyl (C=O) groups excluding carboxylic acids is 2. The number of hydrogen-bond acceptors (Lipinski definition) is 4. The molecule has 0 radical (unpaired) electrons. The van der Waals surface area contributed by atoms with Crippen LogP contribution in [0.25, 0.3) is 0 Å². The summed E-state index contributed by atoms with van der Waals surface area (Å²) < 4.78 is 0. The lowest BCUT2D eigenvalue weighted by atomic mass is 9.95. The molecular formula is C20H19NO4S. The number of fused-ring (bicyclic) bond motifs is 1. The van der Waals surface area contributed by atoms with Crippen LogP contribution >= 0.6 is 11.8 Å². The SMILES string of the molecule is C[C@H](SC(=O)c1ccccc1)C(=O)N1c2ccccc2CC[C@@H]1C(=O)O. The Morgan fingerprint density at radius 2 is 1.73 bits per heavy atom. The van der Waals surface area contributed by atoms with Crippen molar-refractivity contribution in [2.24, 2.45) is 0 Å². The van der Waals surface area contributed by atoms with Crippen LogP contribution in [0.2, 0.25) is 0 Å². The van der Waals surface area contributed by atoms with Gasteiger partial charge in [0.05, 0.1) is 5.25 Å². The minimum absolute atomic E-state index is 0.205. The molecule has 0 aromatic heterocycles. The van der Waals surface area contributed by atoms with E-state index in [-0.39, 0.29) is 11.0 Å². The number of benzene rings is 2. The fourth-order valence-corrected chi connectivity index (χ4v) is 3.91. The first-order valence-corrected chi connectivity index (χ1v) is 9.27. The molecule has 3 rings (SSSR count). The summed E-state index contributed by atoms with van der Waals surface area (Å²) in [5, 5.41) is 8.67. The van der Waals surface area contributed by atoms with E-state index >= 15 is 0 Å². The van der Waals surface area contributed by atoms with Crippen LogP contribution in [0.3, 0.4) is 0 Å². The zero-order chi connectivity index (χ0) is 18.7. The maximum atomic E-state index is 13.0. The van der Waals surface area contributed by atoms with E-state index in [1.54, 1.807) is 43.3 Å². The van der Waals surface area contributed by atoms with Gasteiger partial charge >= 0.3 is 5.97 Å². The van der Waals surface area contributed by atoms with Crippen molar-refractivity contribution in [1.29, 1.82) is 0 Å². The third kappa shape index (κ3) is 3.65. The van der Waals surface area contributed by atoms with Gasteiger partial charge < -0.3 is 5.11 Å². The molecule has 5 nitrogen and oxygen atoms in total. The molecule has 134 valence electrons. The van der Waals surface area contributed by atoms with Crippen LogP contribution in [0, 0.1) is 0 Å². The highest BCUT2D eigenvalue weighted by Gasteiger charge is 2.37. The average molecular weight is 369 g/mol. The Morgan fingerprint density at radius 1 is 1.08 bits per heavy atom. The molecule has 2 aromatic carbocycles. The van der Waals surface area contributed by atoms with Crippen molar-refractivity contribution in [3.05, 3.63) is 65.7 Å². The Bertz CT molecular complexity index is 837. The summed E-state index contributed by atoms with van der Waals surface area (Å²) in [6.07, 6.45) is 0.976. The second kappa shape index (κ2) is 7.74. The molecule has 0 saturated carbocycles. The largest absolute Gasteiger partial charge is 0.480 e. The quantitative estimate of drug-likeness (QED) is 0.894. The van der Waals surface area contributed by atoms with Gasteiger partial charge in [0.2, 0.25) is 11.0 Å². The predicted octanol–water partition coefficient (Wildman–Crippen LogP) is 3.38. The van der Waals surface area contributed by atoms with Crippen LogP contribution < -0.4 is 4.90 Å². The third-order valence-corrected chi connectivity index (χ3v) is 5.42. The third-order valence-electron chi connectivity index (χ3n) is 4.41. The van der Waals surface area contributed by atoms with Crippen LogP contribution in [0.5, 0.6) is 0 Å². The Balaban J connectivity index is 1.84. The van der Waals surface area contributed by atoms with Gasteiger partial charge in [-0.3, -0.25) is 14.5 Å². The number of carboxylic acids is 1. The molecule has 0 bridgehead atoms. The molecular weight excluding hydrogens is 350 g/mol. The molecule has 1 N–H and O–H groups in total. The summed E-state index contributed by atoms with van der Waals surface area (Å²) in [5.41, 5.74) is 2.09. The number of nitrogens with zero attached hydrogens (tertiary/aromatic N) is 1. The van der Waals surface area contributed by atoms with E-state index in [1.165, 1.54) is 4.90 Å². The van der Waals surface area contributed by atoms with Gasteiger partial charge in [0.25, 0.3) is 0 Å². The van der Waals surface area contributed by atoms with Crippen molar-refractivity contribution in [2.45, 2.75) is 31.1 Å². The molecule has 0 saturated heterocycles. The summed E-state index contributed by atoms with van der Waals surface area (Å²) in [4.78, 5) is 38.4. The fraction of sp³-hybridized carbons (Fsp3) is 0.250. The summed E-state index contributed by atoms with van der Waals surface area (Å²) >= 11 is 0.920. The molecule has 1 aliphatic heterocycles. The zero-order valence-corrected chi connectivity index (χ0v) is 15.1. The fourth-order valence-electron chi connectivity index (χ4n) is 3.10. The molecule has 2 atom stereocenters. The number of aliphatic carboxylic acids is 1. The Morgan fingerprint density at radius 3 is 2.42 bits per heavy atom. The predicted molar refractivity (Wildman–Crippen MR) is 101 cm³/mol. The first-order valence-electron chi connectivity index (χ1n) is 8.39. The second-order valence-corrected chi connectivity index (χ2v) is 7.46. The van der Waals surface area contributed by atoms with Crippen molar-refractivity contribution in [1.82, 2.24) is 0 Å². The van der Waals surface area contributed by atoms with Crippen molar-refractivity contribution < 1.29 is 19.5 Å². The van der Waals surface area contributed by atoms with Gasteiger partial charge in [-0.05, 0) is 31.4 Å². The van der Waals surface area contributed by atoms with E-state index < -0.39 is 17.3 Å². The zero-order valence-electron chi connectivity index (χ0n) is 14.3. The molecule has 1 aliphatic rings. The summed E-state index contributed by atoms with van der Waals surface area (Å²) in [6, 6.07) is 15.2. The molecule has 0 fully saturated rings. The van der Waals surface area contributed by atoms with Crippen molar-refractivity contribution >= 4 is 34.4 Å². The van der Waals surface area contributed by atoms with Gasteiger partial charge in [0.15, 0.2) is 0 Å². The van der Waals surface area contributed by atoms with E-state index in [1.807, 2.05) is 18.2 Å². The smallest absolute Gasteiger partial charge is 0.326 e. The van der Waals surface area contributed by atoms with Gasteiger partial charge in [-0.25, -0.2) is 4.79 Å². The first-order chi connectivity index (χ1) is 12.5. The van der Waals surface area contributed by atoms with Crippen LogP contribution in [-0.4, -0.2) is 33.4 Å². The van der Waals surface area contributed by atoms with E-state index in [0.29, 0.717) is 24.1 Å². The minimum atomic E-state index is -1.03. The average Bonchev–Trinajstić information content (AvgIpc) is 2.66. The molecule has 0 aliphatic carbocycles. The van der Waals surface area contributed by atoms with E-state index in [9.17, 15) is 19.5 Å². The van der Waals surface area contributed by atoms with E-state index in [4.69, 9.17) is 0 Å². The van der Waals surface area contributed by atoms with Crippen LogP contribution in [-0.2, 0) is 16.0 Å². The number of anilines is 1. The lowest BCUT2D eigenvalue weighted by Crippen LogP contribution is -2.50. The van der Waals surface area contributed by atoms with Gasteiger partial charge in [-0.2, -0.15) is 0 Å². The number of rotatable bonds is 4. The number of carboxylic acid groups (broad SMARTS) is 1. The monoisotopic (exact) mass is 369 g/mol. The number of amides is 1.